The SMILES string of the molecule is CCOC(=O)c1nn2c(=O)[nH]c3ccc(C)cc3c2c1C. The van der Waals surface area contributed by atoms with Crippen LogP contribution in [0.1, 0.15) is 28.5 Å². The van der Waals surface area contributed by atoms with Gasteiger partial charge in [0, 0.05) is 10.9 Å². The predicted molar refractivity (Wildman–Crippen MR) is 78.7 cm³/mol. The highest BCUT2D eigenvalue weighted by molar-refractivity contribution is 6.00. The van der Waals surface area contributed by atoms with Crippen molar-refractivity contribution >= 4 is 22.4 Å². The van der Waals surface area contributed by atoms with E-state index in [4.69, 9.17) is 4.74 Å². The van der Waals surface area contributed by atoms with Gasteiger partial charge in [0.15, 0.2) is 5.69 Å². The molecular formula is C15H15N3O3. The van der Waals surface area contributed by atoms with E-state index in [0.29, 0.717) is 11.1 Å². The van der Waals surface area contributed by atoms with E-state index in [-0.39, 0.29) is 18.0 Å². The van der Waals surface area contributed by atoms with Crippen LogP contribution in [-0.2, 0) is 4.74 Å². The van der Waals surface area contributed by atoms with E-state index in [0.717, 1.165) is 16.5 Å². The standard InChI is InChI=1S/C15H15N3O3/c1-4-21-14(19)12-9(3)13-10-7-8(2)5-6-11(10)16-15(20)18(13)17-12/h5-7H,4H2,1-3H3,(H,16,20). The number of fused-ring (bicyclic) bond motifs is 3. The van der Waals surface area contributed by atoms with Crippen LogP contribution in [0.15, 0.2) is 23.0 Å². The van der Waals surface area contributed by atoms with Crippen molar-refractivity contribution in [3.8, 4) is 0 Å². The average molecular weight is 285 g/mol. The Labute approximate surface area is 120 Å². The second-order valence-electron chi connectivity index (χ2n) is 4.93. The number of benzene rings is 1. The molecular weight excluding hydrogens is 270 g/mol. The number of nitrogens with one attached hydrogen (secondary N) is 1. The summed E-state index contributed by atoms with van der Waals surface area (Å²) in [7, 11) is 0. The van der Waals surface area contributed by atoms with E-state index in [9.17, 15) is 9.59 Å². The van der Waals surface area contributed by atoms with Gasteiger partial charge in [-0.25, -0.2) is 9.59 Å². The lowest BCUT2D eigenvalue weighted by Crippen LogP contribution is -2.18. The third kappa shape index (κ3) is 1.99. The summed E-state index contributed by atoms with van der Waals surface area (Å²) in [4.78, 5) is 26.8. The van der Waals surface area contributed by atoms with E-state index in [1.807, 2.05) is 25.1 Å². The fourth-order valence-corrected chi connectivity index (χ4v) is 2.48. The highest BCUT2D eigenvalue weighted by Gasteiger charge is 2.20. The monoisotopic (exact) mass is 285 g/mol. The smallest absolute Gasteiger partial charge is 0.359 e. The molecule has 0 bridgehead atoms. The zero-order valence-electron chi connectivity index (χ0n) is 12.1. The molecule has 1 N–H and O–H groups in total. The molecule has 3 aromatic rings. The minimum absolute atomic E-state index is 0.177. The van der Waals surface area contributed by atoms with Gasteiger partial charge in [0.2, 0.25) is 0 Å². The number of H-pyrrole nitrogens is 1. The number of nitrogens with zero attached hydrogens (tertiary/aromatic N) is 2. The van der Waals surface area contributed by atoms with Crippen molar-refractivity contribution in [2.75, 3.05) is 6.61 Å². The first-order chi connectivity index (χ1) is 10.0. The molecule has 0 spiro atoms. The van der Waals surface area contributed by atoms with Gasteiger partial charge in [-0.1, -0.05) is 11.6 Å². The molecule has 0 unspecified atom stereocenters. The second-order valence-corrected chi connectivity index (χ2v) is 4.93. The van der Waals surface area contributed by atoms with E-state index in [1.54, 1.807) is 13.8 Å². The van der Waals surface area contributed by atoms with Gasteiger partial charge in [0.05, 0.1) is 17.6 Å². The summed E-state index contributed by atoms with van der Waals surface area (Å²) in [5.74, 6) is -0.515. The molecule has 1 aromatic carbocycles. The maximum absolute atomic E-state index is 12.1. The topological polar surface area (TPSA) is 76.5 Å². The molecule has 0 aliphatic heterocycles. The number of hydrogen-bond acceptors (Lipinski definition) is 4. The quantitative estimate of drug-likeness (QED) is 0.730. The highest BCUT2D eigenvalue weighted by atomic mass is 16.5. The molecule has 2 aromatic heterocycles. The molecule has 6 heteroatoms. The number of hydrogen-bond donors (Lipinski definition) is 1. The first kappa shape index (κ1) is 13.4. The largest absolute Gasteiger partial charge is 0.461 e. The zero-order valence-corrected chi connectivity index (χ0v) is 12.1. The van der Waals surface area contributed by atoms with Crippen molar-refractivity contribution in [2.45, 2.75) is 20.8 Å². The Kier molecular flexibility index (Phi) is 3.01. The minimum atomic E-state index is -0.515. The minimum Gasteiger partial charge on any atom is -0.461 e. The Hall–Kier alpha value is -2.63. The zero-order chi connectivity index (χ0) is 15.1. The number of carbonyl (C=O) groups is 1. The Bertz CT molecular complexity index is 921. The van der Waals surface area contributed by atoms with Crippen molar-refractivity contribution in [2.24, 2.45) is 0 Å². The summed E-state index contributed by atoms with van der Waals surface area (Å²) in [6.07, 6.45) is 0. The van der Waals surface area contributed by atoms with Gasteiger partial charge < -0.3 is 9.72 Å². The second kappa shape index (κ2) is 4.73. The third-order valence-electron chi connectivity index (χ3n) is 3.46. The molecule has 108 valence electrons. The van der Waals surface area contributed by atoms with Gasteiger partial charge in [-0.3, -0.25) is 0 Å². The van der Waals surface area contributed by atoms with Crippen molar-refractivity contribution in [1.82, 2.24) is 14.6 Å². The molecule has 0 amide bonds. The fourth-order valence-electron chi connectivity index (χ4n) is 2.48. The molecule has 2 heterocycles. The number of aromatic nitrogens is 3. The van der Waals surface area contributed by atoms with Crippen LogP contribution in [0.25, 0.3) is 16.4 Å². The average Bonchev–Trinajstić information content (AvgIpc) is 2.79. The third-order valence-corrected chi connectivity index (χ3v) is 3.46. The Morgan fingerprint density at radius 3 is 2.86 bits per heavy atom. The number of rotatable bonds is 2. The first-order valence-electron chi connectivity index (χ1n) is 6.72. The van der Waals surface area contributed by atoms with Gasteiger partial charge in [-0.15, -0.1) is 0 Å². The molecule has 0 aliphatic rings. The molecule has 21 heavy (non-hydrogen) atoms. The summed E-state index contributed by atoms with van der Waals surface area (Å²) in [6, 6.07) is 5.74. The maximum atomic E-state index is 12.1. The van der Waals surface area contributed by atoms with Crippen LogP contribution in [-0.4, -0.2) is 27.2 Å². The molecule has 0 fully saturated rings. The molecule has 0 saturated carbocycles. The van der Waals surface area contributed by atoms with E-state index in [2.05, 4.69) is 10.1 Å². The highest BCUT2D eigenvalue weighted by Crippen LogP contribution is 2.23. The van der Waals surface area contributed by atoms with Crippen LogP contribution in [0.2, 0.25) is 0 Å². The molecule has 0 radical (unpaired) electrons. The Morgan fingerprint density at radius 1 is 1.38 bits per heavy atom. The first-order valence-corrected chi connectivity index (χ1v) is 6.72. The number of ether oxygens (including phenoxy) is 1. The van der Waals surface area contributed by atoms with Crippen LogP contribution in [0.4, 0.5) is 0 Å². The molecule has 0 aliphatic carbocycles. The summed E-state index contributed by atoms with van der Waals surface area (Å²) in [5, 5.41) is 4.97. The van der Waals surface area contributed by atoms with Gasteiger partial charge in [-0.05, 0) is 32.9 Å². The lowest BCUT2D eigenvalue weighted by atomic mass is 10.1. The van der Waals surface area contributed by atoms with Crippen molar-refractivity contribution in [1.29, 1.82) is 0 Å². The maximum Gasteiger partial charge on any atom is 0.359 e. The van der Waals surface area contributed by atoms with Crippen molar-refractivity contribution in [3.63, 3.8) is 0 Å². The summed E-state index contributed by atoms with van der Waals surface area (Å²) in [6.45, 7) is 5.74. The van der Waals surface area contributed by atoms with Crippen molar-refractivity contribution < 1.29 is 9.53 Å². The predicted octanol–water partition coefficient (Wildman–Crippen LogP) is 1.97. The van der Waals surface area contributed by atoms with Crippen LogP contribution in [0, 0.1) is 13.8 Å². The van der Waals surface area contributed by atoms with Crippen LogP contribution in [0.3, 0.4) is 0 Å². The molecule has 6 nitrogen and oxygen atoms in total. The van der Waals surface area contributed by atoms with Gasteiger partial charge >= 0.3 is 11.7 Å². The van der Waals surface area contributed by atoms with Crippen LogP contribution < -0.4 is 5.69 Å². The summed E-state index contributed by atoms with van der Waals surface area (Å²) < 4.78 is 6.21. The van der Waals surface area contributed by atoms with E-state index in [1.165, 1.54) is 4.52 Å². The fraction of sp³-hybridized carbons (Fsp3) is 0.267. The normalized spacial score (nSPS) is 11.2. The summed E-state index contributed by atoms with van der Waals surface area (Å²) >= 11 is 0. The molecule has 0 atom stereocenters. The molecule has 0 saturated heterocycles. The van der Waals surface area contributed by atoms with Crippen LogP contribution in [0.5, 0.6) is 0 Å². The number of aromatic amines is 1. The summed E-state index contributed by atoms with van der Waals surface area (Å²) in [5.41, 5.74) is 2.87. The van der Waals surface area contributed by atoms with E-state index < -0.39 is 5.97 Å². The lowest BCUT2D eigenvalue weighted by molar-refractivity contribution is 0.0518. The molecule has 3 rings (SSSR count). The lowest BCUT2D eigenvalue weighted by Gasteiger charge is -2.02. The van der Waals surface area contributed by atoms with Gasteiger partial charge in [0.25, 0.3) is 0 Å². The number of carbonyl (C=O) groups excluding carboxylic acids is 1. The van der Waals surface area contributed by atoms with Crippen LogP contribution >= 0.6 is 0 Å². The Balaban J connectivity index is 2.43. The number of esters is 1. The van der Waals surface area contributed by atoms with E-state index >= 15 is 0 Å². The number of aryl methyl sites for hydroxylation is 2. The van der Waals surface area contributed by atoms with Gasteiger partial charge in [0.1, 0.15) is 0 Å². The van der Waals surface area contributed by atoms with Gasteiger partial charge in [-0.2, -0.15) is 9.61 Å². The Morgan fingerprint density at radius 2 is 2.14 bits per heavy atom. The van der Waals surface area contributed by atoms with Crippen molar-refractivity contribution in [3.05, 3.63) is 45.5 Å².